The molecule has 1 unspecified atom stereocenters. The second-order valence-electron chi connectivity index (χ2n) is 11.4. The van der Waals surface area contributed by atoms with E-state index in [1.165, 1.54) is 0 Å². The van der Waals surface area contributed by atoms with Crippen molar-refractivity contribution in [3.63, 3.8) is 0 Å². The van der Waals surface area contributed by atoms with E-state index < -0.39 is 33.4 Å². The first-order chi connectivity index (χ1) is 15.9. The van der Waals surface area contributed by atoms with E-state index in [2.05, 4.69) is 13.8 Å². The zero-order valence-electron chi connectivity index (χ0n) is 20.9. The summed E-state index contributed by atoms with van der Waals surface area (Å²) in [7, 11) is 0. The highest BCUT2D eigenvalue weighted by Crippen LogP contribution is 2.72. The van der Waals surface area contributed by atoms with Crippen molar-refractivity contribution < 1.29 is 28.9 Å². The quantitative estimate of drug-likeness (QED) is 0.590. The van der Waals surface area contributed by atoms with Crippen molar-refractivity contribution >= 4 is 23.2 Å². The van der Waals surface area contributed by atoms with E-state index in [0.29, 0.717) is 19.4 Å². The molecular formula is C27H37ClO6. The van der Waals surface area contributed by atoms with Crippen molar-refractivity contribution in [1.82, 2.24) is 0 Å². The molecule has 9 atom stereocenters. The van der Waals surface area contributed by atoms with Crippen LogP contribution in [0.1, 0.15) is 66.7 Å². The van der Waals surface area contributed by atoms with Crippen LogP contribution in [0.5, 0.6) is 0 Å². The molecule has 7 heteroatoms. The minimum absolute atomic E-state index is 0.0252. The van der Waals surface area contributed by atoms with Crippen molar-refractivity contribution in [3.8, 4) is 0 Å². The summed E-state index contributed by atoms with van der Waals surface area (Å²) in [5.74, 6) is -1.41. The summed E-state index contributed by atoms with van der Waals surface area (Å²) in [6.07, 6.45) is 7.39. The monoisotopic (exact) mass is 492 g/mol. The van der Waals surface area contributed by atoms with Gasteiger partial charge in [-0.15, -0.1) is 11.6 Å². The number of fused-ring (bicyclic) bond motifs is 6. The van der Waals surface area contributed by atoms with Gasteiger partial charge in [-0.25, -0.2) is 0 Å². The molecule has 3 saturated carbocycles. The fourth-order valence-electron chi connectivity index (χ4n) is 8.52. The second-order valence-corrected chi connectivity index (χ2v) is 12.0. The number of carbonyl (C=O) groups is 2. The van der Waals surface area contributed by atoms with Crippen molar-refractivity contribution in [3.05, 3.63) is 23.8 Å². The van der Waals surface area contributed by atoms with E-state index in [9.17, 15) is 14.7 Å². The van der Waals surface area contributed by atoms with Crippen molar-refractivity contribution in [2.75, 3.05) is 13.2 Å². The Balaban J connectivity index is 1.61. The molecule has 5 aliphatic rings. The van der Waals surface area contributed by atoms with Gasteiger partial charge in [0.2, 0.25) is 0 Å². The maximum absolute atomic E-state index is 13.7. The second kappa shape index (κ2) is 7.72. The molecule has 188 valence electrons. The Morgan fingerprint density at radius 2 is 1.97 bits per heavy atom. The molecule has 4 fully saturated rings. The number of allylic oxidation sites excluding steroid dienone is 4. The molecule has 0 aromatic carbocycles. The number of hydrogen-bond acceptors (Lipinski definition) is 6. The number of ketones is 2. The molecule has 0 aromatic rings. The Morgan fingerprint density at radius 1 is 1.24 bits per heavy atom. The average molecular weight is 493 g/mol. The summed E-state index contributed by atoms with van der Waals surface area (Å²) < 4.78 is 18.5. The molecule has 1 aliphatic heterocycles. The fourth-order valence-corrected chi connectivity index (χ4v) is 9.05. The van der Waals surface area contributed by atoms with E-state index in [1.807, 2.05) is 26.8 Å². The Morgan fingerprint density at radius 3 is 2.65 bits per heavy atom. The zero-order valence-corrected chi connectivity index (χ0v) is 21.6. The van der Waals surface area contributed by atoms with Crippen LogP contribution in [0, 0.1) is 28.6 Å². The minimum atomic E-state index is -1.27. The van der Waals surface area contributed by atoms with Gasteiger partial charge in [-0.1, -0.05) is 39.3 Å². The molecule has 34 heavy (non-hydrogen) atoms. The number of aliphatic hydroxyl groups is 1. The van der Waals surface area contributed by atoms with Gasteiger partial charge in [-0.3, -0.25) is 9.59 Å². The largest absolute Gasteiger partial charge is 0.391 e. The molecule has 4 aliphatic carbocycles. The number of aliphatic hydroxyl groups excluding tert-OH is 1. The number of ether oxygens (including phenoxy) is 3. The van der Waals surface area contributed by atoms with Crippen LogP contribution >= 0.6 is 11.6 Å². The van der Waals surface area contributed by atoms with Crippen molar-refractivity contribution in [2.24, 2.45) is 28.6 Å². The maximum Gasteiger partial charge on any atom is 0.284 e. The third kappa shape index (κ3) is 2.78. The Hall–Kier alpha value is -1.05. The molecule has 0 bridgehead atoms. The molecule has 5 rings (SSSR count). The van der Waals surface area contributed by atoms with Crippen molar-refractivity contribution in [2.45, 2.75) is 89.3 Å². The van der Waals surface area contributed by atoms with Gasteiger partial charge in [0.05, 0.1) is 11.0 Å². The number of halogens is 1. The van der Waals surface area contributed by atoms with Gasteiger partial charge in [0, 0.05) is 23.9 Å². The van der Waals surface area contributed by atoms with Gasteiger partial charge in [0.25, 0.3) is 5.97 Å². The smallest absolute Gasteiger partial charge is 0.284 e. The summed E-state index contributed by atoms with van der Waals surface area (Å²) in [5.41, 5.74) is -1.37. The molecule has 1 saturated heterocycles. The van der Waals surface area contributed by atoms with E-state index in [0.717, 1.165) is 24.8 Å². The Kier molecular flexibility index (Phi) is 5.60. The summed E-state index contributed by atoms with van der Waals surface area (Å²) in [6.45, 7) is 10.4. The predicted molar refractivity (Wildman–Crippen MR) is 127 cm³/mol. The number of alkyl halides is 1. The standard InChI is InChI=1S/C27H37ClO6/c1-6-25(32-7-2)33-15-22(31)27(34-25)16(3)12-20-19-9-8-17-13-18(29)10-11-23(17,4)26(19,28)21(30)14-24(20,27)5/h10-11,13,16,19-21,30H,6-9,12,14-15H2,1-5H3/t16-,19-,20-,21-,23-,24-,25?,26-,27-/m0/s1. The van der Waals surface area contributed by atoms with Crippen LogP contribution in [0.3, 0.4) is 0 Å². The molecule has 0 radical (unpaired) electrons. The first-order valence-electron chi connectivity index (χ1n) is 12.8. The van der Waals surface area contributed by atoms with Crippen LogP contribution < -0.4 is 0 Å². The first-order valence-corrected chi connectivity index (χ1v) is 13.1. The van der Waals surface area contributed by atoms with Crippen LogP contribution in [0.15, 0.2) is 23.8 Å². The lowest BCUT2D eigenvalue weighted by atomic mass is 9.45. The highest BCUT2D eigenvalue weighted by molar-refractivity contribution is 6.26. The van der Waals surface area contributed by atoms with E-state index >= 15 is 0 Å². The Bertz CT molecular complexity index is 976. The molecular weight excluding hydrogens is 456 g/mol. The van der Waals surface area contributed by atoms with Crippen LogP contribution in [0.25, 0.3) is 0 Å². The minimum Gasteiger partial charge on any atom is -0.391 e. The highest BCUT2D eigenvalue weighted by Gasteiger charge is 2.77. The predicted octanol–water partition coefficient (Wildman–Crippen LogP) is 4.33. The van der Waals surface area contributed by atoms with Crippen LogP contribution in [-0.2, 0) is 23.8 Å². The number of carbonyl (C=O) groups excluding carboxylic acids is 2. The summed E-state index contributed by atoms with van der Waals surface area (Å²) >= 11 is 7.53. The average Bonchev–Trinajstić information content (AvgIpc) is 3.00. The van der Waals surface area contributed by atoms with Crippen LogP contribution in [0.4, 0.5) is 0 Å². The molecule has 0 amide bonds. The van der Waals surface area contributed by atoms with Crippen molar-refractivity contribution in [1.29, 1.82) is 0 Å². The SMILES string of the molecule is CCOC1(CC)OCC(=O)[C@@]2(O1)[C@@H](C)C[C@H]1[C@@H]3CCC4=CC(=O)C=C[C@]4(C)[C@@]3(Cl)[C@@H](O)C[C@@]12C. The number of hydrogen-bond donors (Lipinski definition) is 1. The first kappa shape index (κ1) is 24.6. The van der Waals surface area contributed by atoms with Gasteiger partial charge in [0.1, 0.15) is 12.2 Å². The lowest BCUT2D eigenvalue weighted by molar-refractivity contribution is -0.434. The summed E-state index contributed by atoms with van der Waals surface area (Å²) in [4.78, 5) is 24.9. The van der Waals surface area contributed by atoms with Crippen LogP contribution in [-0.4, -0.2) is 52.4 Å². The topological polar surface area (TPSA) is 82.1 Å². The Labute approximate surface area is 207 Å². The van der Waals surface area contributed by atoms with Gasteiger partial charge >= 0.3 is 0 Å². The molecule has 1 spiro atoms. The normalized spacial score (nSPS) is 52.3. The zero-order chi connectivity index (χ0) is 24.7. The van der Waals surface area contributed by atoms with Gasteiger partial charge < -0.3 is 19.3 Å². The lowest BCUT2D eigenvalue weighted by Crippen LogP contribution is -2.72. The van der Waals surface area contributed by atoms with Crippen LogP contribution in [0.2, 0.25) is 0 Å². The molecule has 6 nitrogen and oxygen atoms in total. The van der Waals surface area contributed by atoms with Gasteiger partial charge in [0.15, 0.2) is 11.6 Å². The molecule has 1 heterocycles. The third-order valence-electron chi connectivity index (χ3n) is 10.1. The number of Topliss-reactive ketones (excluding diaryl/α,β-unsaturated/α-hetero) is 1. The van der Waals surface area contributed by atoms with E-state index in [-0.39, 0.29) is 35.9 Å². The molecule has 0 aromatic heterocycles. The van der Waals surface area contributed by atoms with Gasteiger partial charge in [-0.05, 0) is 62.5 Å². The van der Waals surface area contributed by atoms with Gasteiger partial charge in [-0.2, -0.15) is 0 Å². The summed E-state index contributed by atoms with van der Waals surface area (Å²) in [5, 5.41) is 11.8. The fraction of sp³-hybridized carbons (Fsp3) is 0.778. The highest BCUT2D eigenvalue weighted by atomic mass is 35.5. The lowest BCUT2D eigenvalue weighted by Gasteiger charge is -2.65. The van der Waals surface area contributed by atoms with E-state index in [1.54, 1.807) is 12.2 Å². The summed E-state index contributed by atoms with van der Waals surface area (Å²) in [6, 6.07) is 0. The third-order valence-corrected chi connectivity index (χ3v) is 11.1. The number of rotatable bonds is 3. The van der Waals surface area contributed by atoms with E-state index in [4.69, 9.17) is 25.8 Å². The molecule has 1 N–H and O–H groups in total. The maximum atomic E-state index is 13.7.